The van der Waals surface area contributed by atoms with Crippen molar-refractivity contribution in [2.24, 2.45) is 0 Å². The number of hydrogen-bond acceptors (Lipinski definition) is 3. The quantitative estimate of drug-likeness (QED) is 0.788. The average Bonchev–Trinajstić information content (AvgIpc) is 2.37. The molecule has 2 N–H and O–H groups in total. The molecule has 1 unspecified atom stereocenters. The second-order valence-electron chi connectivity index (χ2n) is 4.50. The summed E-state index contributed by atoms with van der Waals surface area (Å²) in [5.74, 6) is 0.655. The van der Waals surface area contributed by atoms with Crippen molar-refractivity contribution < 1.29 is 9.53 Å². The van der Waals surface area contributed by atoms with Crippen molar-refractivity contribution in [2.75, 3.05) is 19.4 Å². The number of anilines is 1. The van der Waals surface area contributed by atoms with Crippen molar-refractivity contribution >= 4 is 11.6 Å². The first-order chi connectivity index (χ1) is 8.54. The third kappa shape index (κ3) is 4.28. The van der Waals surface area contributed by atoms with Gasteiger partial charge >= 0.3 is 0 Å². The lowest BCUT2D eigenvalue weighted by molar-refractivity contribution is -0.133. The van der Waals surface area contributed by atoms with Crippen molar-refractivity contribution in [3.05, 3.63) is 24.3 Å². The average molecular weight is 250 g/mol. The van der Waals surface area contributed by atoms with E-state index >= 15 is 0 Å². The van der Waals surface area contributed by atoms with Gasteiger partial charge in [0.25, 0.3) is 5.91 Å². The van der Waals surface area contributed by atoms with Crippen molar-refractivity contribution in [3.63, 3.8) is 0 Å². The predicted octanol–water partition coefficient (Wildman–Crippen LogP) is 2.29. The van der Waals surface area contributed by atoms with Crippen LogP contribution in [-0.4, -0.2) is 30.5 Å². The number of hydrogen-bond donors (Lipinski definition) is 1. The molecular formula is C14H22N2O2. The summed E-state index contributed by atoms with van der Waals surface area (Å²) in [6, 6.07) is 7.28. The van der Waals surface area contributed by atoms with Gasteiger partial charge in [-0.05, 0) is 37.6 Å². The van der Waals surface area contributed by atoms with Gasteiger partial charge in [-0.2, -0.15) is 0 Å². The number of likely N-dealkylation sites (N-methyl/N-ethyl adjacent to an activating group) is 1. The summed E-state index contributed by atoms with van der Waals surface area (Å²) in [5.41, 5.74) is 6.26. The maximum absolute atomic E-state index is 11.9. The Hall–Kier alpha value is -1.71. The molecule has 1 amide bonds. The molecule has 0 saturated heterocycles. The Bertz CT molecular complexity index is 376. The summed E-state index contributed by atoms with van der Waals surface area (Å²) in [6.07, 6.45) is 2.07. The number of amides is 1. The topological polar surface area (TPSA) is 55.6 Å². The second kappa shape index (κ2) is 6.89. The van der Waals surface area contributed by atoms with E-state index in [1.807, 2.05) is 14.0 Å². The normalized spacial score (nSPS) is 11.9. The van der Waals surface area contributed by atoms with E-state index in [1.165, 1.54) is 0 Å². The van der Waals surface area contributed by atoms with Crippen LogP contribution in [0.4, 0.5) is 5.69 Å². The van der Waals surface area contributed by atoms with Crippen LogP contribution in [0.1, 0.15) is 26.7 Å². The molecule has 0 saturated carbocycles. The van der Waals surface area contributed by atoms with E-state index in [1.54, 1.807) is 29.2 Å². The van der Waals surface area contributed by atoms with Gasteiger partial charge < -0.3 is 15.4 Å². The summed E-state index contributed by atoms with van der Waals surface area (Å²) >= 11 is 0. The fourth-order valence-corrected chi connectivity index (χ4v) is 1.67. The highest BCUT2D eigenvalue weighted by Gasteiger charge is 2.15. The van der Waals surface area contributed by atoms with Gasteiger partial charge in [0, 0.05) is 18.8 Å². The minimum Gasteiger partial charge on any atom is -0.484 e. The number of nitrogen functional groups attached to an aromatic ring is 1. The highest BCUT2D eigenvalue weighted by atomic mass is 16.5. The van der Waals surface area contributed by atoms with E-state index in [0.717, 1.165) is 12.8 Å². The number of nitrogens with two attached hydrogens (primary N) is 1. The highest BCUT2D eigenvalue weighted by molar-refractivity contribution is 5.77. The number of benzene rings is 1. The zero-order valence-corrected chi connectivity index (χ0v) is 11.3. The molecule has 0 heterocycles. The lowest BCUT2D eigenvalue weighted by Gasteiger charge is -2.24. The largest absolute Gasteiger partial charge is 0.484 e. The maximum Gasteiger partial charge on any atom is 0.260 e. The lowest BCUT2D eigenvalue weighted by atomic mass is 10.2. The van der Waals surface area contributed by atoms with Crippen molar-refractivity contribution in [1.82, 2.24) is 4.90 Å². The Balaban J connectivity index is 2.43. The van der Waals surface area contributed by atoms with Crippen LogP contribution in [0.25, 0.3) is 0 Å². The minimum absolute atomic E-state index is 0.00669. The van der Waals surface area contributed by atoms with E-state index in [-0.39, 0.29) is 18.6 Å². The first-order valence-corrected chi connectivity index (χ1v) is 6.28. The summed E-state index contributed by atoms with van der Waals surface area (Å²) in [7, 11) is 1.81. The van der Waals surface area contributed by atoms with Crippen LogP contribution in [0.2, 0.25) is 0 Å². The molecule has 100 valence electrons. The van der Waals surface area contributed by atoms with Gasteiger partial charge in [-0.25, -0.2) is 0 Å². The molecule has 0 aromatic heterocycles. The van der Waals surface area contributed by atoms with Crippen LogP contribution in [-0.2, 0) is 4.79 Å². The summed E-state index contributed by atoms with van der Waals surface area (Å²) in [5, 5.41) is 0. The van der Waals surface area contributed by atoms with Gasteiger partial charge in [-0.3, -0.25) is 4.79 Å². The number of ether oxygens (including phenoxy) is 1. The number of carbonyl (C=O) groups is 1. The molecule has 4 heteroatoms. The maximum atomic E-state index is 11.9. The smallest absolute Gasteiger partial charge is 0.260 e. The van der Waals surface area contributed by atoms with E-state index < -0.39 is 0 Å². The molecule has 18 heavy (non-hydrogen) atoms. The minimum atomic E-state index is -0.00669. The van der Waals surface area contributed by atoms with E-state index in [0.29, 0.717) is 11.4 Å². The molecule has 0 radical (unpaired) electrons. The van der Waals surface area contributed by atoms with Crippen molar-refractivity contribution in [1.29, 1.82) is 0 Å². The van der Waals surface area contributed by atoms with Crippen LogP contribution in [0, 0.1) is 0 Å². The molecule has 1 rings (SSSR count). The molecule has 0 fully saturated rings. The summed E-state index contributed by atoms with van der Waals surface area (Å²) < 4.78 is 5.43. The summed E-state index contributed by atoms with van der Waals surface area (Å²) in [6.45, 7) is 4.22. The Labute approximate surface area is 109 Å². The number of carbonyl (C=O) groups excluding carboxylic acids is 1. The standard InChI is InChI=1S/C14H22N2O2/c1-4-5-11(2)16(3)14(17)10-18-13-8-6-12(15)7-9-13/h6-9,11H,4-5,10,15H2,1-3H3. The SMILES string of the molecule is CCCC(C)N(C)C(=O)COc1ccc(N)cc1. The van der Waals surface area contributed by atoms with Gasteiger partial charge in [0.05, 0.1) is 0 Å². The van der Waals surface area contributed by atoms with Gasteiger partial charge in [0.15, 0.2) is 6.61 Å². The first kappa shape index (κ1) is 14.4. The third-order valence-electron chi connectivity index (χ3n) is 3.00. The fourth-order valence-electron chi connectivity index (χ4n) is 1.67. The number of rotatable bonds is 6. The Kier molecular flexibility index (Phi) is 5.49. The van der Waals surface area contributed by atoms with Gasteiger partial charge in [0.1, 0.15) is 5.75 Å². The van der Waals surface area contributed by atoms with E-state index in [4.69, 9.17) is 10.5 Å². The Morgan fingerprint density at radius 3 is 2.56 bits per heavy atom. The molecule has 0 aliphatic rings. The zero-order valence-electron chi connectivity index (χ0n) is 11.3. The monoisotopic (exact) mass is 250 g/mol. The van der Waals surface area contributed by atoms with Crippen LogP contribution < -0.4 is 10.5 Å². The molecule has 0 bridgehead atoms. The lowest BCUT2D eigenvalue weighted by Crippen LogP contribution is -2.38. The molecule has 1 atom stereocenters. The first-order valence-electron chi connectivity index (χ1n) is 6.28. The molecule has 0 aliphatic heterocycles. The van der Waals surface area contributed by atoms with Crippen molar-refractivity contribution in [3.8, 4) is 5.75 Å². The van der Waals surface area contributed by atoms with Gasteiger partial charge in [-0.1, -0.05) is 13.3 Å². The second-order valence-corrected chi connectivity index (χ2v) is 4.50. The zero-order chi connectivity index (χ0) is 13.5. The molecular weight excluding hydrogens is 228 g/mol. The Morgan fingerprint density at radius 2 is 2.00 bits per heavy atom. The summed E-state index contributed by atoms with van der Waals surface area (Å²) in [4.78, 5) is 13.6. The fraction of sp³-hybridized carbons (Fsp3) is 0.500. The van der Waals surface area contributed by atoms with Crippen LogP contribution in [0.5, 0.6) is 5.75 Å². The van der Waals surface area contributed by atoms with Gasteiger partial charge in [0.2, 0.25) is 0 Å². The van der Waals surface area contributed by atoms with Crippen LogP contribution in [0.15, 0.2) is 24.3 Å². The number of nitrogens with zero attached hydrogens (tertiary/aromatic N) is 1. The molecule has 0 spiro atoms. The van der Waals surface area contributed by atoms with E-state index in [9.17, 15) is 4.79 Å². The Morgan fingerprint density at radius 1 is 1.39 bits per heavy atom. The highest BCUT2D eigenvalue weighted by Crippen LogP contribution is 2.13. The van der Waals surface area contributed by atoms with E-state index in [2.05, 4.69) is 6.92 Å². The third-order valence-corrected chi connectivity index (χ3v) is 3.00. The predicted molar refractivity (Wildman–Crippen MR) is 73.5 cm³/mol. The molecule has 1 aromatic carbocycles. The van der Waals surface area contributed by atoms with Crippen LogP contribution >= 0.6 is 0 Å². The van der Waals surface area contributed by atoms with Crippen LogP contribution in [0.3, 0.4) is 0 Å². The van der Waals surface area contributed by atoms with Crippen molar-refractivity contribution in [2.45, 2.75) is 32.7 Å². The molecule has 1 aromatic rings. The molecule has 0 aliphatic carbocycles. The van der Waals surface area contributed by atoms with Gasteiger partial charge in [-0.15, -0.1) is 0 Å². The molecule has 4 nitrogen and oxygen atoms in total.